The normalized spacial score (nSPS) is 22.2. The molecule has 1 unspecified atom stereocenters. The van der Waals surface area contributed by atoms with Crippen molar-refractivity contribution in [3.8, 4) is 0 Å². The fraction of sp³-hybridized carbons (Fsp3) is 0.786. The average molecular weight is 283 g/mol. The Morgan fingerprint density at radius 3 is 2.50 bits per heavy atom. The van der Waals surface area contributed by atoms with Gasteiger partial charge in [-0.1, -0.05) is 39.0 Å². The number of rotatable bonds is 9. The van der Waals surface area contributed by atoms with Crippen LogP contribution in [-0.4, -0.2) is 34.8 Å². The molecule has 1 rings (SSSR count). The zero-order chi connectivity index (χ0) is 15.2. The predicted octanol–water partition coefficient (Wildman–Crippen LogP) is 1.53. The highest BCUT2D eigenvalue weighted by Gasteiger charge is 2.46. The van der Waals surface area contributed by atoms with Crippen molar-refractivity contribution in [2.45, 2.75) is 64.3 Å². The summed E-state index contributed by atoms with van der Waals surface area (Å²) in [5.41, 5.74) is 4.21. The molecule has 1 saturated heterocycles. The van der Waals surface area contributed by atoms with Gasteiger partial charge in [0.1, 0.15) is 5.54 Å². The number of carbonyl (C=O) groups is 3. The number of carbonyl (C=O) groups excluding carboxylic acids is 3. The van der Waals surface area contributed by atoms with Gasteiger partial charge in [-0.2, -0.15) is 0 Å². The summed E-state index contributed by atoms with van der Waals surface area (Å²) in [4.78, 5) is 35.9. The maximum Gasteiger partial charge on any atom is 0.325 e. The van der Waals surface area contributed by atoms with Crippen LogP contribution in [0.25, 0.3) is 0 Å². The second-order valence-electron chi connectivity index (χ2n) is 5.60. The lowest BCUT2D eigenvalue weighted by Crippen LogP contribution is -2.44. The van der Waals surface area contributed by atoms with Gasteiger partial charge in [0.2, 0.25) is 5.91 Å². The number of urea groups is 1. The Kier molecular flexibility index (Phi) is 5.98. The Morgan fingerprint density at radius 2 is 1.90 bits per heavy atom. The van der Waals surface area contributed by atoms with Crippen molar-refractivity contribution in [1.82, 2.24) is 10.2 Å². The molecular weight excluding hydrogens is 258 g/mol. The van der Waals surface area contributed by atoms with E-state index in [4.69, 9.17) is 5.73 Å². The van der Waals surface area contributed by atoms with Crippen LogP contribution in [0.4, 0.5) is 4.79 Å². The Balaban J connectivity index is 2.48. The number of imide groups is 1. The third kappa shape index (κ3) is 4.21. The molecule has 0 aromatic rings. The van der Waals surface area contributed by atoms with Crippen molar-refractivity contribution in [2.24, 2.45) is 5.73 Å². The molecule has 3 N–H and O–H groups in total. The van der Waals surface area contributed by atoms with Gasteiger partial charge in [-0.25, -0.2) is 4.79 Å². The number of nitrogens with two attached hydrogens (primary N) is 1. The van der Waals surface area contributed by atoms with E-state index in [-0.39, 0.29) is 18.9 Å². The van der Waals surface area contributed by atoms with Gasteiger partial charge in [0.25, 0.3) is 5.91 Å². The third-order valence-electron chi connectivity index (χ3n) is 3.71. The van der Waals surface area contributed by atoms with Crippen LogP contribution in [0.3, 0.4) is 0 Å². The summed E-state index contributed by atoms with van der Waals surface area (Å²) < 4.78 is 0. The number of primary amides is 1. The Hall–Kier alpha value is -1.59. The summed E-state index contributed by atoms with van der Waals surface area (Å²) in [6.45, 7) is 3.96. The van der Waals surface area contributed by atoms with Gasteiger partial charge in [-0.15, -0.1) is 0 Å². The fourth-order valence-corrected chi connectivity index (χ4v) is 2.42. The quantitative estimate of drug-likeness (QED) is 0.496. The molecule has 6 heteroatoms. The van der Waals surface area contributed by atoms with E-state index in [0.717, 1.165) is 24.2 Å². The molecule has 0 aromatic heterocycles. The van der Waals surface area contributed by atoms with Crippen LogP contribution >= 0.6 is 0 Å². The van der Waals surface area contributed by atoms with Crippen molar-refractivity contribution in [2.75, 3.05) is 6.54 Å². The summed E-state index contributed by atoms with van der Waals surface area (Å²) in [7, 11) is 0. The second-order valence-corrected chi connectivity index (χ2v) is 5.60. The number of hydrogen-bond acceptors (Lipinski definition) is 3. The molecule has 0 spiro atoms. The van der Waals surface area contributed by atoms with Crippen LogP contribution in [0.2, 0.25) is 0 Å². The van der Waals surface area contributed by atoms with E-state index in [1.165, 1.54) is 12.8 Å². The largest absolute Gasteiger partial charge is 0.370 e. The molecule has 0 radical (unpaired) electrons. The van der Waals surface area contributed by atoms with Gasteiger partial charge in [0.15, 0.2) is 0 Å². The molecule has 0 bridgehead atoms. The highest BCUT2D eigenvalue weighted by molar-refractivity contribution is 6.06. The molecule has 1 atom stereocenters. The lowest BCUT2D eigenvalue weighted by Gasteiger charge is -2.21. The van der Waals surface area contributed by atoms with Gasteiger partial charge in [0, 0.05) is 13.0 Å². The Labute approximate surface area is 120 Å². The van der Waals surface area contributed by atoms with E-state index in [1.54, 1.807) is 6.92 Å². The number of hydrogen-bond donors (Lipinski definition) is 2. The Bertz CT molecular complexity index is 384. The Morgan fingerprint density at radius 1 is 1.25 bits per heavy atom. The van der Waals surface area contributed by atoms with Crippen molar-refractivity contribution in [3.63, 3.8) is 0 Å². The number of nitrogens with one attached hydrogen (secondary N) is 1. The van der Waals surface area contributed by atoms with Crippen LogP contribution in [0.15, 0.2) is 0 Å². The van der Waals surface area contributed by atoms with Gasteiger partial charge in [-0.3, -0.25) is 14.5 Å². The van der Waals surface area contributed by atoms with Crippen molar-refractivity contribution < 1.29 is 14.4 Å². The highest BCUT2D eigenvalue weighted by Crippen LogP contribution is 2.24. The predicted molar refractivity (Wildman–Crippen MR) is 75.8 cm³/mol. The van der Waals surface area contributed by atoms with Crippen LogP contribution < -0.4 is 11.1 Å². The minimum atomic E-state index is -0.832. The zero-order valence-corrected chi connectivity index (χ0v) is 12.4. The van der Waals surface area contributed by atoms with Crippen molar-refractivity contribution in [3.05, 3.63) is 0 Å². The standard InChI is InChI=1S/C14H25N3O3/c1-3-4-5-6-7-9-14(2)12(19)17(13(20)16-14)10-8-11(15)18/h3-10H2,1-2H3,(H2,15,18)(H,16,20). The maximum absolute atomic E-state index is 12.3. The second kappa shape index (κ2) is 7.26. The first kappa shape index (κ1) is 16.5. The van der Waals surface area contributed by atoms with Gasteiger partial charge < -0.3 is 11.1 Å². The van der Waals surface area contributed by atoms with Crippen LogP contribution in [0.1, 0.15) is 58.8 Å². The van der Waals surface area contributed by atoms with E-state index in [9.17, 15) is 14.4 Å². The average Bonchev–Trinajstić information content (AvgIpc) is 2.58. The number of amides is 4. The molecule has 0 aliphatic carbocycles. The zero-order valence-electron chi connectivity index (χ0n) is 12.4. The number of unbranched alkanes of at least 4 members (excludes halogenated alkanes) is 4. The van der Waals surface area contributed by atoms with E-state index < -0.39 is 17.5 Å². The molecule has 1 aliphatic rings. The molecular formula is C14H25N3O3. The smallest absolute Gasteiger partial charge is 0.325 e. The summed E-state index contributed by atoms with van der Waals surface area (Å²) in [6.07, 6.45) is 6.13. The summed E-state index contributed by atoms with van der Waals surface area (Å²) in [5.74, 6) is -0.766. The van der Waals surface area contributed by atoms with Gasteiger partial charge >= 0.3 is 6.03 Å². The van der Waals surface area contributed by atoms with Crippen LogP contribution in [-0.2, 0) is 9.59 Å². The molecule has 1 fully saturated rings. The number of nitrogens with zero attached hydrogens (tertiary/aromatic N) is 1. The minimum absolute atomic E-state index is 0.00569. The molecule has 1 heterocycles. The van der Waals surface area contributed by atoms with E-state index >= 15 is 0 Å². The summed E-state index contributed by atoms with van der Waals surface area (Å²) >= 11 is 0. The first-order valence-electron chi connectivity index (χ1n) is 7.33. The van der Waals surface area contributed by atoms with Gasteiger partial charge in [-0.05, 0) is 13.3 Å². The molecule has 20 heavy (non-hydrogen) atoms. The molecule has 0 saturated carbocycles. The van der Waals surface area contributed by atoms with Crippen LogP contribution in [0, 0.1) is 0 Å². The van der Waals surface area contributed by atoms with Crippen molar-refractivity contribution in [1.29, 1.82) is 0 Å². The minimum Gasteiger partial charge on any atom is -0.370 e. The molecule has 1 aliphatic heterocycles. The molecule has 114 valence electrons. The van der Waals surface area contributed by atoms with E-state index in [0.29, 0.717) is 6.42 Å². The first-order chi connectivity index (χ1) is 9.40. The topological polar surface area (TPSA) is 92.5 Å². The fourth-order valence-electron chi connectivity index (χ4n) is 2.42. The molecule has 6 nitrogen and oxygen atoms in total. The first-order valence-corrected chi connectivity index (χ1v) is 7.33. The van der Waals surface area contributed by atoms with Crippen LogP contribution in [0.5, 0.6) is 0 Å². The maximum atomic E-state index is 12.3. The monoisotopic (exact) mass is 283 g/mol. The highest BCUT2D eigenvalue weighted by atomic mass is 16.2. The van der Waals surface area contributed by atoms with Crippen molar-refractivity contribution >= 4 is 17.8 Å². The molecule has 4 amide bonds. The van der Waals surface area contributed by atoms with Gasteiger partial charge in [0.05, 0.1) is 0 Å². The third-order valence-corrected chi connectivity index (χ3v) is 3.71. The lowest BCUT2D eigenvalue weighted by molar-refractivity contribution is -0.131. The summed E-state index contributed by atoms with van der Waals surface area (Å²) in [5, 5.41) is 2.73. The SMILES string of the molecule is CCCCCCCC1(C)NC(=O)N(CCC(N)=O)C1=O. The summed E-state index contributed by atoms with van der Waals surface area (Å²) in [6, 6.07) is -0.424. The van der Waals surface area contributed by atoms with E-state index in [1.807, 2.05) is 0 Å². The molecule has 0 aromatic carbocycles. The lowest BCUT2D eigenvalue weighted by atomic mass is 9.94. The van der Waals surface area contributed by atoms with E-state index in [2.05, 4.69) is 12.2 Å².